The van der Waals surface area contributed by atoms with E-state index in [2.05, 4.69) is 4.98 Å². The van der Waals surface area contributed by atoms with Gasteiger partial charge in [0, 0.05) is 12.6 Å². The average Bonchev–Trinajstić information content (AvgIpc) is 3.13. The number of benzene rings is 1. The first-order valence-corrected chi connectivity index (χ1v) is 7.26. The van der Waals surface area contributed by atoms with Crippen LogP contribution in [0.1, 0.15) is 9.67 Å². The third kappa shape index (κ3) is 2.73. The number of likely N-dealkylation sites (N-methyl/N-ethyl adjacent to an activating group) is 1. The van der Waals surface area contributed by atoms with Gasteiger partial charge in [-0.05, 0) is 18.2 Å². The summed E-state index contributed by atoms with van der Waals surface area (Å²) in [6, 6.07) is 5.48. The third-order valence-electron chi connectivity index (χ3n) is 3.08. The molecule has 0 aliphatic carbocycles. The van der Waals surface area contributed by atoms with Crippen LogP contribution in [0.3, 0.4) is 0 Å². The Morgan fingerprint density at radius 2 is 2.14 bits per heavy atom. The molecule has 0 fully saturated rings. The Balaban J connectivity index is 1.81. The SMILES string of the molecule is CN(CC(N)=O)C(=O)c1cnc(-c2ccc3c(c2)OCO3)s1. The minimum Gasteiger partial charge on any atom is -0.454 e. The van der Waals surface area contributed by atoms with Crippen molar-refractivity contribution >= 4 is 23.2 Å². The molecule has 8 heteroatoms. The fourth-order valence-corrected chi connectivity index (χ4v) is 2.94. The van der Waals surface area contributed by atoms with Crippen molar-refractivity contribution in [3.8, 4) is 22.1 Å². The summed E-state index contributed by atoms with van der Waals surface area (Å²) in [6.07, 6.45) is 1.49. The maximum absolute atomic E-state index is 12.2. The Hall–Kier alpha value is -2.61. The molecule has 7 nitrogen and oxygen atoms in total. The standard InChI is InChI=1S/C14H13N3O4S/c1-17(6-12(15)18)14(19)11-5-16-13(22-11)8-2-3-9-10(4-8)21-7-20-9/h2-5H,6-7H2,1H3,(H2,15,18). The molecule has 0 saturated heterocycles. The lowest BCUT2D eigenvalue weighted by Gasteiger charge is -2.12. The van der Waals surface area contributed by atoms with E-state index in [0.29, 0.717) is 21.4 Å². The Morgan fingerprint density at radius 1 is 1.36 bits per heavy atom. The highest BCUT2D eigenvalue weighted by Gasteiger charge is 2.19. The van der Waals surface area contributed by atoms with Crippen molar-refractivity contribution in [1.29, 1.82) is 0 Å². The van der Waals surface area contributed by atoms with E-state index in [4.69, 9.17) is 15.2 Å². The number of carbonyl (C=O) groups is 2. The molecule has 1 aromatic heterocycles. The number of hydrogen-bond donors (Lipinski definition) is 1. The number of aromatic nitrogens is 1. The molecule has 1 aliphatic heterocycles. The van der Waals surface area contributed by atoms with Crippen molar-refractivity contribution in [3.05, 3.63) is 29.3 Å². The summed E-state index contributed by atoms with van der Waals surface area (Å²) in [6.45, 7) is 0.0778. The Kier molecular flexibility index (Phi) is 3.68. The molecule has 3 rings (SSSR count). The Bertz CT molecular complexity index is 743. The van der Waals surface area contributed by atoms with Gasteiger partial charge in [0.25, 0.3) is 5.91 Å². The van der Waals surface area contributed by atoms with Gasteiger partial charge >= 0.3 is 0 Å². The summed E-state index contributed by atoms with van der Waals surface area (Å²) in [5.74, 6) is 0.504. The molecule has 22 heavy (non-hydrogen) atoms. The lowest BCUT2D eigenvalue weighted by molar-refractivity contribution is -0.118. The van der Waals surface area contributed by atoms with Gasteiger partial charge in [-0.1, -0.05) is 0 Å². The van der Waals surface area contributed by atoms with Crippen LogP contribution >= 0.6 is 11.3 Å². The smallest absolute Gasteiger partial charge is 0.265 e. The second-order valence-electron chi connectivity index (χ2n) is 4.73. The zero-order valence-electron chi connectivity index (χ0n) is 11.7. The van der Waals surface area contributed by atoms with Crippen molar-refractivity contribution < 1.29 is 19.1 Å². The lowest BCUT2D eigenvalue weighted by atomic mass is 10.2. The van der Waals surface area contributed by atoms with Crippen LogP contribution in [-0.2, 0) is 4.79 Å². The maximum atomic E-state index is 12.2. The normalized spacial score (nSPS) is 12.2. The number of ether oxygens (including phenoxy) is 2. The molecular weight excluding hydrogens is 306 g/mol. The third-order valence-corrected chi connectivity index (χ3v) is 4.11. The van der Waals surface area contributed by atoms with Gasteiger partial charge in [0.1, 0.15) is 9.88 Å². The van der Waals surface area contributed by atoms with E-state index in [0.717, 1.165) is 5.56 Å². The fourth-order valence-electron chi connectivity index (χ4n) is 2.03. The van der Waals surface area contributed by atoms with Gasteiger partial charge in [-0.2, -0.15) is 0 Å². The highest BCUT2D eigenvalue weighted by Crippen LogP contribution is 2.37. The van der Waals surface area contributed by atoms with Crippen LogP contribution in [0.15, 0.2) is 24.4 Å². The number of hydrogen-bond acceptors (Lipinski definition) is 6. The van der Waals surface area contributed by atoms with Crippen molar-refractivity contribution in [2.75, 3.05) is 20.4 Å². The second-order valence-corrected chi connectivity index (χ2v) is 5.76. The van der Waals surface area contributed by atoms with E-state index >= 15 is 0 Å². The number of carbonyl (C=O) groups excluding carboxylic acids is 2. The molecule has 0 bridgehead atoms. The quantitative estimate of drug-likeness (QED) is 0.910. The molecule has 2 amide bonds. The number of nitrogens with two attached hydrogens (primary N) is 1. The van der Waals surface area contributed by atoms with E-state index in [1.54, 1.807) is 6.07 Å². The van der Waals surface area contributed by atoms with Gasteiger partial charge in [-0.3, -0.25) is 9.59 Å². The van der Waals surface area contributed by atoms with E-state index in [1.807, 2.05) is 12.1 Å². The summed E-state index contributed by atoms with van der Waals surface area (Å²) in [4.78, 5) is 29.0. The topological polar surface area (TPSA) is 94.8 Å². The number of nitrogens with zero attached hydrogens (tertiary/aromatic N) is 2. The van der Waals surface area contributed by atoms with Crippen molar-refractivity contribution in [3.63, 3.8) is 0 Å². The summed E-state index contributed by atoms with van der Waals surface area (Å²) in [5, 5.41) is 0.689. The zero-order chi connectivity index (χ0) is 15.7. The highest BCUT2D eigenvalue weighted by molar-refractivity contribution is 7.16. The van der Waals surface area contributed by atoms with Crippen LogP contribution in [0.25, 0.3) is 10.6 Å². The van der Waals surface area contributed by atoms with Gasteiger partial charge < -0.3 is 20.1 Å². The molecule has 2 heterocycles. The summed E-state index contributed by atoms with van der Waals surface area (Å²) in [5.41, 5.74) is 5.93. The number of primary amides is 1. The number of amides is 2. The lowest BCUT2D eigenvalue weighted by Crippen LogP contribution is -2.34. The molecule has 2 N–H and O–H groups in total. The van der Waals surface area contributed by atoms with Crippen molar-refractivity contribution in [1.82, 2.24) is 9.88 Å². The molecular formula is C14H13N3O4S. The van der Waals surface area contributed by atoms with Crippen molar-refractivity contribution in [2.24, 2.45) is 5.73 Å². The highest BCUT2D eigenvalue weighted by atomic mass is 32.1. The molecule has 0 unspecified atom stereocenters. The minimum atomic E-state index is -0.559. The van der Waals surface area contributed by atoms with E-state index in [-0.39, 0.29) is 19.2 Å². The van der Waals surface area contributed by atoms with Crippen molar-refractivity contribution in [2.45, 2.75) is 0 Å². The van der Waals surface area contributed by atoms with Crippen LogP contribution in [0.2, 0.25) is 0 Å². The molecule has 114 valence electrons. The van der Waals surface area contributed by atoms with Gasteiger partial charge in [0.15, 0.2) is 11.5 Å². The minimum absolute atomic E-state index is 0.129. The Labute approximate surface area is 130 Å². The van der Waals surface area contributed by atoms with E-state index in [9.17, 15) is 9.59 Å². The predicted octanol–water partition coefficient (Wildman–Crippen LogP) is 1.10. The van der Waals surface area contributed by atoms with Gasteiger partial charge in [0.05, 0.1) is 12.7 Å². The molecule has 1 aromatic carbocycles. The molecule has 1 aliphatic rings. The first-order valence-electron chi connectivity index (χ1n) is 6.44. The number of fused-ring (bicyclic) bond motifs is 1. The van der Waals surface area contributed by atoms with Crippen LogP contribution in [-0.4, -0.2) is 42.1 Å². The monoisotopic (exact) mass is 319 g/mol. The molecule has 0 saturated carbocycles. The van der Waals surface area contributed by atoms with Gasteiger partial charge in [-0.25, -0.2) is 4.98 Å². The Morgan fingerprint density at radius 3 is 2.91 bits per heavy atom. The molecule has 2 aromatic rings. The van der Waals surface area contributed by atoms with Gasteiger partial charge in [-0.15, -0.1) is 11.3 Å². The predicted molar refractivity (Wildman–Crippen MR) is 79.8 cm³/mol. The molecule has 0 radical (unpaired) electrons. The molecule has 0 spiro atoms. The van der Waals surface area contributed by atoms with Crippen LogP contribution < -0.4 is 15.2 Å². The maximum Gasteiger partial charge on any atom is 0.265 e. The summed E-state index contributed by atoms with van der Waals surface area (Å²) >= 11 is 1.24. The molecule has 0 atom stereocenters. The fraction of sp³-hybridized carbons (Fsp3) is 0.214. The number of rotatable bonds is 4. The van der Waals surface area contributed by atoms with Crippen LogP contribution in [0, 0.1) is 0 Å². The first-order chi connectivity index (χ1) is 10.5. The largest absolute Gasteiger partial charge is 0.454 e. The summed E-state index contributed by atoms with van der Waals surface area (Å²) < 4.78 is 10.6. The first kappa shape index (κ1) is 14.3. The second kappa shape index (κ2) is 5.64. The zero-order valence-corrected chi connectivity index (χ0v) is 12.6. The van der Waals surface area contributed by atoms with Crippen LogP contribution in [0.4, 0.5) is 0 Å². The summed E-state index contributed by atoms with van der Waals surface area (Å²) in [7, 11) is 1.52. The van der Waals surface area contributed by atoms with Crippen LogP contribution in [0.5, 0.6) is 11.5 Å². The van der Waals surface area contributed by atoms with E-state index < -0.39 is 5.91 Å². The average molecular weight is 319 g/mol. The van der Waals surface area contributed by atoms with E-state index in [1.165, 1.54) is 29.5 Å². The van der Waals surface area contributed by atoms with Gasteiger partial charge in [0.2, 0.25) is 12.7 Å². The number of thiazole rings is 1.